The molecule has 0 saturated carbocycles. The second-order valence-electron chi connectivity index (χ2n) is 4.21. The molecule has 2 aliphatic rings. The smallest absolute Gasteiger partial charge is 0.340 e. The Hall–Kier alpha value is -1.36. The molecule has 0 aromatic carbocycles. The number of ether oxygens (including phenoxy) is 4. The lowest BCUT2D eigenvalue weighted by Crippen LogP contribution is -2.74. The van der Waals surface area contributed by atoms with E-state index in [0.29, 0.717) is 0 Å². The van der Waals surface area contributed by atoms with Crippen molar-refractivity contribution in [2.24, 2.45) is 0 Å². The molecule has 10 nitrogen and oxygen atoms in total. The van der Waals surface area contributed by atoms with Crippen LogP contribution in [0.25, 0.3) is 0 Å². The molecule has 18 heavy (non-hydrogen) atoms. The van der Waals surface area contributed by atoms with Crippen molar-refractivity contribution in [3.05, 3.63) is 20.2 Å². The largest absolute Gasteiger partial charge is 0.348 e. The molecule has 0 amide bonds. The van der Waals surface area contributed by atoms with Crippen LogP contribution in [0.3, 0.4) is 0 Å². The van der Waals surface area contributed by atoms with Crippen molar-refractivity contribution in [3.8, 4) is 0 Å². The van der Waals surface area contributed by atoms with Crippen molar-refractivity contribution < 1.29 is 28.8 Å². The maximum absolute atomic E-state index is 11.3. The van der Waals surface area contributed by atoms with Gasteiger partial charge in [-0.15, -0.1) is 0 Å². The van der Waals surface area contributed by atoms with E-state index in [1.807, 2.05) is 0 Å². The van der Waals surface area contributed by atoms with Gasteiger partial charge in [-0.05, 0) is 0 Å². The maximum atomic E-state index is 11.3. The van der Waals surface area contributed by atoms with Gasteiger partial charge in [0, 0.05) is 9.85 Å². The maximum Gasteiger partial charge on any atom is 0.340 e. The molecular weight excluding hydrogens is 252 g/mol. The second-order valence-corrected chi connectivity index (χ2v) is 4.21. The Morgan fingerprint density at radius 2 is 1.00 bits per heavy atom. The lowest BCUT2D eigenvalue weighted by molar-refractivity contribution is -0.704. The van der Waals surface area contributed by atoms with Crippen LogP contribution in [0, 0.1) is 20.2 Å². The average Bonchev–Trinajstić information content (AvgIpc) is 2.40. The summed E-state index contributed by atoms with van der Waals surface area (Å²) < 4.78 is 19.6. The van der Waals surface area contributed by atoms with Crippen molar-refractivity contribution in [3.63, 3.8) is 0 Å². The zero-order chi connectivity index (χ0) is 13.2. The normalized spacial score (nSPS) is 26.4. The number of hydrogen-bond donors (Lipinski definition) is 0. The second kappa shape index (κ2) is 4.72. The lowest BCUT2D eigenvalue weighted by atomic mass is 9.78. The van der Waals surface area contributed by atoms with Gasteiger partial charge in [-0.25, -0.2) is 0 Å². The minimum absolute atomic E-state index is 0.120. The summed E-state index contributed by atoms with van der Waals surface area (Å²) in [7, 11) is 0. The first-order chi connectivity index (χ1) is 8.55. The predicted octanol–water partition coefficient (Wildman–Crippen LogP) is -0.974. The molecule has 10 heteroatoms. The van der Waals surface area contributed by atoms with Crippen molar-refractivity contribution in [2.75, 3.05) is 40.0 Å². The van der Waals surface area contributed by atoms with E-state index >= 15 is 0 Å². The Balaban J connectivity index is 2.42. The summed E-state index contributed by atoms with van der Waals surface area (Å²) >= 11 is 0. The Morgan fingerprint density at radius 1 is 0.722 bits per heavy atom. The minimum Gasteiger partial charge on any atom is -0.348 e. The van der Waals surface area contributed by atoms with Gasteiger partial charge in [-0.1, -0.05) is 0 Å². The molecule has 2 heterocycles. The van der Waals surface area contributed by atoms with Gasteiger partial charge in [0.25, 0.3) is 0 Å². The fraction of sp³-hybridized carbons (Fsp3) is 1.00. The first-order valence-electron chi connectivity index (χ1n) is 5.15. The zero-order valence-electron chi connectivity index (χ0n) is 9.40. The first kappa shape index (κ1) is 13.1. The monoisotopic (exact) mass is 264 g/mol. The Morgan fingerprint density at radius 3 is 1.22 bits per heavy atom. The standard InChI is InChI=1S/C8H12N2O8/c11-9(12)7(1-15-5-16-2-7)8(10(13)14)3-17-6-18-4-8/h1-6H2. The van der Waals surface area contributed by atoms with Crippen molar-refractivity contribution in [1.82, 2.24) is 0 Å². The van der Waals surface area contributed by atoms with Gasteiger partial charge in [-0.3, -0.25) is 20.2 Å². The molecule has 0 bridgehead atoms. The van der Waals surface area contributed by atoms with E-state index in [-0.39, 0.29) is 13.6 Å². The SMILES string of the molecule is O=[N+]([O-])C1(C2([N+](=O)[O-])COCOC2)COCOC1. The molecule has 2 saturated heterocycles. The molecule has 0 spiro atoms. The molecule has 2 fully saturated rings. The van der Waals surface area contributed by atoms with E-state index in [1.54, 1.807) is 0 Å². The van der Waals surface area contributed by atoms with Crippen molar-refractivity contribution in [1.29, 1.82) is 0 Å². The highest BCUT2D eigenvalue weighted by molar-refractivity contribution is 5.03. The average molecular weight is 264 g/mol. The molecule has 2 aliphatic heterocycles. The van der Waals surface area contributed by atoms with Crippen LogP contribution in [0.15, 0.2) is 0 Å². The number of rotatable bonds is 3. The zero-order valence-corrected chi connectivity index (χ0v) is 9.40. The molecule has 102 valence electrons. The van der Waals surface area contributed by atoms with Crippen molar-refractivity contribution >= 4 is 0 Å². The summed E-state index contributed by atoms with van der Waals surface area (Å²) in [6, 6.07) is 0. The number of hydrogen-bond acceptors (Lipinski definition) is 8. The third kappa shape index (κ3) is 1.73. The number of nitro groups is 2. The molecule has 0 aromatic heterocycles. The topological polar surface area (TPSA) is 123 Å². The van der Waals surface area contributed by atoms with Crippen LogP contribution >= 0.6 is 0 Å². The Bertz CT molecular complexity index is 313. The van der Waals surface area contributed by atoms with Crippen LogP contribution in [-0.4, -0.2) is 60.9 Å². The Labute approximate surface area is 101 Å². The fourth-order valence-electron chi connectivity index (χ4n) is 2.13. The molecular formula is C8H12N2O8. The number of nitrogens with zero attached hydrogens (tertiary/aromatic N) is 2. The van der Waals surface area contributed by atoms with Crippen LogP contribution in [0.5, 0.6) is 0 Å². The summed E-state index contributed by atoms with van der Waals surface area (Å²) in [5.74, 6) is 0. The highest BCUT2D eigenvalue weighted by Crippen LogP contribution is 2.34. The summed E-state index contributed by atoms with van der Waals surface area (Å²) in [6.07, 6.45) is 0. The van der Waals surface area contributed by atoms with Gasteiger partial charge < -0.3 is 18.9 Å². The van der Waals surface area contributed by atoms with Crippen LogP contribution in [-0.2, 0) is 18.9 Å². The van der Waals surface area contributed by atoms with E-state index in [0.717, 1.165) is 0 Å². The molecule has 0 radical (unpaired) electrons. The molecule has 0 N–H and O–H groups in total. The fourth-order valence-corrected chi connectivity index (χ4v) is 2.13. The van der Waals surface area contributed by atoms with E-state index in [2.05, 4.69) is 0 Å². The molecule has 0 atom stereocenters. The summed E-state index contributed by atoms with van der Waals surface area (Å²) in [5.41, 5.74) is -4.01. The van der Waals surface area contributed by atoms with Crippen LogP contribution in [0.2, 0.25) is 0 Å². The third-order valence-electron chi connectivity index (χ3n) is 3.26. The van der Waals surface area contributed by atoms with Gasteiger partial charge in [0.1, 0.15) is 40.0 Å². The highest BCUT2D eigenvalue weighted by atomic mass is 16.7. The quantitative estimate of drug-likeness (QED) is 0.471. The van der Waals surface area contributed by atoms with Gasteiger partial charge in [-0.2, -0.15) is 0 Å². The lowest BCUT2D eigenvalue weighted by Gasteiger charge is -2.39. The predicted molar refractivity (Wildman–Crippen MR) is 53.0 cm³/mol. The van der Waals surface area contributed by atoms with Gasteiger partial charge in [0.15, 0.2) is 0 Å². The van der Waals surface area contributed by atoms with E-state index in [1.165, 1.54) is 0 Å². The summed E-state index contributed by atoms with van der Waals surface area (Å²) in [6.45, 7) is -1.88. The molecule has 0 aromatic rings. The summed E-state index contributed by atoms with van der Waals surface area (Å²) in [5, 5.41) is 22.6. The van der Waals surface area contributed by atoms with E-state index < -0.39 is 47.4 Å². The third-order valence-corrected chi connectivity index (χ3v) is 3.26. The van der Waals surface area contributed by atoms with Gasteiger partial charge in [0.05, 0.1) is 0 Å². The Kier molecular flexibility index (Phi) is 3.43. The van der Waals surface area contributed by atoms with Crippen LogP contribution in [0.4, 0.5) is 0 Å². The van der Waals surface area contributed by atoms with Crippen LogP contribution in [0.1, 0.15) is 0 Å². The molecule has 2 rings (SSSR count). The minimum atomic E-state index is -2.00. The van der Waals surface area contributed by atoms with E-state index in [4.69, 9.17) is 18.9 Å². The van der Waals surface area contributed by atoms with Gasteiger partial charge in [0.2, 0.25) is 0 Å². The van der Waals surface area contributed by atoms with Gasteiger partial charge >= 0.3 is 11.1 Å². The highest BCUT2D eigenvalue weighted by Gasteiger charge is 2.73. The molecule has 0 unspecified atom stereocenters. The van der Waals surface area contributed by atoms with Crippen molar-refractivity contribution in [2.45, 2.75) is 11.1 Å². The van der Waals surface area contributed by atoms with E-state index in [9.17, 15) is 20.2 Å². The van der Waals surface area contributed by atoms with Crippen LogP contribution < -0.4 is 0 Å². The summed E-state index contributed by atoms with van der Waals surface area (Å²) in [4.78, 5) is 21.2. The first-order valence-corrected chi connectivity index (χ1v) is 5.15. The molecule has 0 aliphatic carbocycles.